The summed E-state index contributed by atoms with van der Waals surface area (Å²) in [5, 5.41) is 2.93. The van der Waals surface area contributed by atoms with Crippen LogP contribution in [0.1, 0.15) is 24.2 Å². The van der Waals surface area contributed by atoms with Crippen LogP contribution in [0.2, 0.25) is 0 Å². The van der Waals surface area contributed by atoms with Crippen molar-refractivity contribution < 1.29 is 4.79 Å². The van der Waals surface area contributed by atoms with Crippen LogP contribution in [-0.4, -0.2) is 74.2 Å². The van der Waals surface area contributed by atoms with Crippen LogP contribution in [0, 0.1) is 0 Å². The summed E-state index contributed by atoms with van der Waals surface area (Å²) in [7, 11) is 0. The highest BCUT2D eigenvalue weighted by Crippen LogP contribution is 2.16. The van der Waals surface area contributed by atoms with Crippen LogP contribution in [0.25, 0.3) is 22.1 Å². The van der Waals surface area contributed by atoms with Gasteiger partial charge in [0.2, 0.25) is 0 Å². The maximum atomic E-state index is 12.5. The lowest BCUT2D eigenvalue weighted by atomic mass is 10.1. The van der Waals surface area contributed by atoms with Crippen molar-refractivity contribution in [1.29, 1.82) is 0 Å². The largest absolute Gasteiger partial charge is 0.351 e. The molecule has 1 aromatic carbocycles. The molecule has 0 bridgehead atoms. The lowest BCUT2D eigenvalue weighted by Crippen LogP contribution is -2.35. The zero-order valence-corrected chi connectivity index (χ0v) is 20.8. The molecule has 0 aliphatic heterocycles. The molecule has 0 radical (unpaired) electrons. The molecule has 12 heteroatoms. The van der Waals surface area contributed by atoms with Crippen molar-refractivity contribution in [3.63, 3.8) is 0 Å². The number of para-hydroxylation sites is 1. The van der Waals surface area contributed by atoms with Gasteiger partial charge in [-0.15, -0.1) is 0 Å². The SMILES string of the molecule is CCN(CC)CCNC(=O)c1cccc2[nH]c(=O)n(CCN)c12.NCCn1c(=O)[nH]c2ccncc21. The normalized spacial score (nSPS) is 11.1. The molecule has 7 N–H and O–H groups in total. The van der Waals surface area contributed by atoms with Gasteiger partial charge in [-0.25, -0.2) is 9.59 Å². The van der Waals surface area contributed by atoms with Gasteiger partial charge < -0.3 is 31.7 Å². The number of likely N-dealkylation sites (N-methyl/N-ethyl adjacent to an activating group) is 1. The van der Waals surface area contributed by atoms with Gasteiger partial charge in [0.15, 0.2) is 0 Å². The number of hydrogen-bond donors (Lipinski definition) is 5. The smallest absolute Gasteiger partial charge is 0.326 e. The highest BCUT2D eigenvalue weighted by atomic mass is 16.2. The number of benzene rings is 1. The van der Waals surface area contributed by atoms with E-state index < -0.39 is 0 Å². The minimum atomic E-state index is -0.242. The van der Waals surface area contributed by atoms with E-state index in [-0.39, 0.29) is 17.3 Å². The van der Waals surface area contributed by atoms with Gasteiger partial charge in [-0.05, 0) is 31.3 Å². The minimum Gasteiger partial charge on any atom is -0.351 e. The molecule has 3 aromatic heterocycles. The molecule has 0 saturated carbocycles. The standard InChI is InChI=1S/C16H25N5O2.C8H10N4O/c1-3-20(4-2)11-9-18-15(22)12-6-5-7-13-14(12)21(10-8-17)16(23)19-13;9-2-4-12-7-5-10-3-1-6(7)11-8(12)13/h5-7H,3-4,8-11,17H2,1-2H3,(H,18,22)(H,19,23);1,3,5H,2,4,9H2,(H,11,13). The van der Waals surface area contributed by atoms with Gasteiger partial charge in [-0.1, -0.05) is 19.9 Å². The highest BCUT2D eigenvalue weighted by Gasteiger charge is 2.15. The molecular formula is C24H35N9O3. The van der Waals surface area contributed by atoms with Gasteiger partial charge in [0.05, 0.1) is 33.8 Å². The van der Waals surface area contributed by atoms with Crippen LogP contribution in [0.3, 0.4) is 0 Å². The minimum absolute atomic E-state index is 0.131. The number of rotatable bonds is 10. The summed E-state index contributed by atoms with van der Waals surface area (Å²) in [5.41, 5.74) is 13.9. The molecule has 0 spiro atoms. The van der Waals surface area contributed by atoms with Crippen molar-refractivity contribution in [2.45, 2.75) is 26.9 Å². The lowest BCUT2D eigenvalue weighted by molar-refractivity contribution is 0.0950. The monoisotopic (exact) mass is 497 g/mol. The average molecular weight is 498 g/mol. The first kappa shape index (κ1) is 26.9. The van der Waals surface area contributed by atoms with Gasteiger partial charge >= 0.3 is 11.4 Å². The molecule has 3 heterocycles. The Balaban J connectivity index is 0.000000233. The third-order valence-corrected chi connectivity index (χ3v) is 5.93. The molecule has 4 aromatic rings. The van der Waals surface area contributed by atoms with E-state index in [1.165, 1.54) is 4.57 Å². The molecule has 0 saturated heterocycles. The van der Waals surface area contributed by atoms with Gasteiger partial charge in [0.1, 0.15) is 0 Å². The van der Waals surface area contributed by atoms with Crippen molar-refractivity contribution in [3.8, 4) is 0 Å². The molecule has 0 aliphatic rings. The number of carbonyl (C=O) groups is 1. The molecule has 0 unspecified atom stereocenters. The maximum Gasteiger partial charge on any atom is 0.326 e. The Hall–Kier alpha value is -3.74. The zero-order valence-electron chi connectivity index (χ0n) is 20.8. The lowest BCUT2D eigenvalue weighted by Gasteiger charge is -2.18. The average Bonchev–Trinajstić information content (AvgIpc) is 3.38. The second-order valence-corrected chi connectivity index (χ2v) is 8.12. The number of nitrogens with zero attached hydrogens (tertiary/aromatic N) is 4. The number of aromatic nitrogens is 5. The van der Waals surface area contributed by atoms with Crippen molar-refractivity contribution in [2.24, 2.45) is 11.5 Å². The second kappa shape index (κ2) is 12.8. The number of hydrogen-bond acceptors (Lipinski definition) is 7. The van der Waals surface area contributed by atoms with E-state index in [4.69, 9.17) is 11.5 Å². The number of imidazole rings is 2. The molecule has 36 heavy (non-hydrogen) atoms. The number of nitrogens with one attached hydrogen (secondary N) is 3. The molecule has 1 amide bonds. The Morgan fingerprint density at radius 2 is 1.67 bits per heavy atom. The first-order valence-electron chi connectivity index (χ1n) is 12.1. The van der Waals surface area contributed by atoms with Crippen LogP contribution < -0.4 is 28.2 Å². The van der Waals surface area contributed by atoms with Gasteiger partial charge in [0.25, 0.3) is 5.91 Å². The summed E-state index contributed by atoms with van der Waals surface area (Å²) in [6, 6.07) is 7.06. The van der Waals surface area contributed by atoms with E-state index in [1.807, 2.05) is 0 Å². The molecule has 0 fully saturated rings. The number of aromatic amines is 2. The van der Waals surface area contributed by atoms with Crippen LogP contribution in [0.5, 0.6) is 0 Å². The summed E-state index contributed by atoms with van der Waals surface area (Å²) in [6.45, 7) is 9.15. The maximum absolute atomic E-state index is 12.5. The summed E-state index contributed by atoms with van der Waals surface area (Å²) in [6.07, 6.45) is 3.30. The van der Waals surface area contributed by atoms with Gasteiger partial charge in [0, 0.05) is 45.5 Å². The number of H-pyrrole nitrogens is 2. The van der Waals surface area contributed by atoms with Crippen molar-refractivity contribution in [3.05, 3.63) is 63.2 Å². The van der Waals surface area contributed by atoms with Gasteiger partial charge in [-0.2, -0.15) is 0 Å². The third kappa shape index (κ3) is 6.08. The highest BCUT2D eigenvalue weighted by molar-refractivity contribution is 6.05. The number of amides is 1. The number of fused-ring (bicyclic) bond motifs is 2. The van der Waals surface area contributed by atoms with E-state index >= 15 is 0 Å². The molecular weight excluding hydrogens is 462 g/mol. The Labute approximate surface area is 208 Å². The quantitative estimate of drug-likeness (QED) is 0.206. The van der Waals surface area contributed by atoms with Crippen LogP contribution in [-0.2, 0) is 13.1 Å². The Kier molecular flexibility index (Phi) is 9.56. The second-order valence-electron chi connectivity index (χ2n) is 8.12. The molecule has 194 valence electrons. The van der Waals surface area contributed by atoms with Crippen molar-refractivity contribution >= 4 is 28.0 Å². The molecule has 0 atom stereocenters. The number of nitrogens with two attached hydrogens (primary N) is 2. The summed E-state index contributed by atoms with van der Waals surface area (Å²) >= 11 is 0. The fourth-order valence-corrected chi connectivity index (χ4v) is 4.06. The van der Waals surface area contributed by atoms with Crippen LogP contribution >= 0.6 is 0 Å². The fraction of sp³-hybridized carbons (Fsp3) is 0.417. The first-order valence-corrected chi connectivity index (χ1v) is 12.1. The van der Waals surface area contributed by atoms with E-state index in [2.05, 4.69) is 39.0 Å². The number of carbonyl (C=O) groups excluding carboxylic acids is 1. The topological polar surface area (TPSA) is 173 Å². The predicted molar refractivity (Wildman–Crippen MR) is 141 cm³/mol. The summed E-state index contributed by atoms with van der Waals surface area (Å²) in [4.78, 5) is 47.5. The van der Waals surface area contributed by atoms with Crippen LogP contribution in [0.15, 0.2) is 46.2 Å². The summed E-state index contributed by atoms with van der Waals surface area (Å²) in [5.74, 6) is -0.174. The van der Waals surface area contributed by atoms with E-state index in [0.717, 1.165) is 30.7 Å². The first-order chi connectivity index (χ1) is 17.4. The zero-order chi connectivity index (χ0) is 26.1. The molecule has 0 aliphatic carbocycles. The van der Waals surface area contributed by atoms with E-state index in [9.17, 15) is 14.4 Å². The van der Waals surface area contributed by atoms with Crippen molar-refractivity contribution in [1.82, 2.24) is 34.3 Å². The van der Waals surface area contributed by atoms with Crippen LogP contribution in [0.4, 0.5) is 0 Å². The third-order valence-electron chi connectivity index (χ3n) is 5.93. The number of pyridine rings is 1. The Morgan fingerprint density at radius 1 is 1.00 bits per heavy atom. The van der Waals surface area contributed by atoms with E-state index in [1.54, 1.807) is 41.2 Å². The van der Waals surface area contributed by atoms with Gasteiger partial charge in [-0.3, -0.25) is 18.9 Å². The summed E-state index contributed by atoms with van der Waals surface area (Å²) < 4.78 is 3.11. The van der Waals surface area contributed by atoms with E-state index in [0.29, 0.717) is 49.3 Å². The van der Waals surface area contributed by atoms with Crippen molar-refractivity contribution in [2.75, 3.05) is 39.3 Å². The fourth-order valence-electron chi connectivity index (χ4n) is 4.06. The molecule has 4 rings (SSSR count). The Morgan fingerprint density at radius 3 is 2.36 bits per heavy atom. The predicted octanol–water partition coefficient (Wildman–Crippen LogP) is 0.0432. The Bertz CT molecular complexity index is 1400. The molecule has 12 nitrogen and oxygen atoms in total.